The molecular weight excluding hydrogens is 250 g/mol. The maximum absolute atomic E-state index is 11.4. The minimum absolute atomic E-state index is 0.00638. The number of thioether (sulfide) groups is 1. The van der Waals surface area contributed by atoms with Gasteiger partial charge in [-0.25, -0.2) is 0 Å². The van der Waals surface area contributed by atoms with E-state index in [2.05, 4.69) is 0 Å². The van der Waals surface area contributed by atoms with Gasteiger partial charge in [-0.15, -0.1) is 11.8 Å². The fourth-order valence-electron chi connectivity index (χ4n) is 1.60. The molecule has 2 atom stereocenters. The molecule has 0 aliphatic heterocycles. The highest BCUT2D eigenvalue weighted by molar-refractivity contribution is 8.00. The van der Waals surface area contributed by atoms with Gasteiger partial charge >= 0.3 is 5.97 Å². The summed E-state index contributed by atoms with van der Waals surface area (Å²) in [5, 5.41) is -0.00638. The largest absolute Gasteiger partial charge is 0.465 e. The van der Waals surface area contributed by atoms with Crippen molar-refractivity contribution in [1.29, 1.82) is 0 Å². The zero-order valence-corrected chi connectivity index (χ0v) is 12.0. The lowest BCUT2D eigenvalue weighted by Gasteiger charge is -2.20. The maximum atomic E-state index is 11.4. The van der Waals surface area contributed by atoms with Crippen LogP contribution in [0.2, 0.25) is 0 Å². The fourth-order valence-corrected chi connectivity index (χ4v) is 2.73. The molecule has 0 amide bonds. The lowest BCUT2D eigenvalue weighted by atomic mass is 10.1. The maximum Gasteiger partial charge on any atom is 0.315 e. The number of carbonyl (C=O) groups is 1. The van der Waals surface area contributed by atoms with Crippen molar-refractivity contribution in [1.82, 2.24) is 0 Å². The highest BCUT2D eigenvalue weighted by Gasteiger charge is 2.23. The molecule has 5 heteroatoms. The number of furan rings is 1. The van der Waals surface area contributed by atoms with Gasteiger partial charge in [0, 0.05) is 6.04 Å². The molecule has 0 saturated carbocycles. The molecule has 0 aromatic carbocycles. The van der Waals surface area contributed by atoms with Gasteiger partial charge in [0.15, 0.2) is 0 Å². The van der Waals surface area contributed by atoms with Crippen LogP contribution in [-0.4, -0.2) is 24.4 Å². The minimum Gasteiger partial charge on any atom is -0.465 e. The first kappa shape index (κ1) is 15.1. The number of nitrogens with two attached hydrogens (primary N) is 1. The lowest BCUT2D eigenvalue weighted by Crippen LogP contribution is -2.26. The third-order valence-electron chi connectivity index (χ3n) is 2.59. The van der Waals surface area contributed by atoms with Gasteiger partial charge in [-0.05, 0) is 32.4 Å². The Bertz CT molecular complexity index is 378. The van der Waals surface area contributed by atoms with Crippen molar-refractivity contribution in [2.24, 2.45) is 5.73 Å². The molecule has 0 fully saturated rings. The predicted octanol–water partition coefficient (Wildman–Crippen LogP) is 2.66. The van der Waals surface area contributed by atoms with Gasteiger partial charge in [0.25, 0.3) is 0 Å². The number of aryl methyl sites for hydroxylation is 1. The van der Waals surface area contributed by atoms with E-state index in [4.69, 9.17) is 14.9 Å². The molecule has 1 rings (SSSR count). The van der Waals surface area contributed by atoms with Crippen LogP contribution in [0.5, 0.6) is 0 Å². The van der Waals surface area contributed by atoms with Crippen molar-refractivity contribution in [2.75, 3.05) is 12.4 Å². The van der Waals surface area contributed by atoms with E-state index in [1.807, 2.05) is 26.0 Å². The third kappa shape index (κ3) is 4.38. The van der Waals surface area contributed by atoms with Crippen molar-refractivity contribution in [3.63, 3.8) is 0 Å². The van der Waals surface area contributed by atoms with Crippen molar-refractivity contribution in [2.45, 2.75) is 38.5 Å². The quantitative estimate of drug-likeness (QED) is 0.772. The molecular formula is C13H21NO3S. The number of ether oxygens (including phenoxy) is 1. The zero-order chi connectivity index (χ0) is 13.5. The molecule has 4 nitrogen and oxygen atoms in total. The predicted molar refractivity (Wildman–Crippen MR) is 73.5 cm³/mol. The molecule has 0 aliphatic rings. The van der Waals surface area contributed by atoms with Gasteiger partial charge in [0.05, 0.1) is 17.6 Å². The van der Waals surface area contributed by atoms with Gasteiger partial charge in [-0.1, -0.05) is 6.92 Å². The topological polar surface area (TPSA) is 65.5 Å². The summed E-state index contributed by atoms with van der Waals surface area (Å²) in [7, 11) is 0. The number of hydrogen-bond donors (Lipinski definition) is 1. The molecule has 0 spiro atoms. The Morgan fingerprint density at radius 2 is 2.22 bits per heavy atom. The minimum atomic E-state index is -0.209. The Labute approximate surface area is 112 Å². The monoisotopic (exact) mass is 271 g/mol. The molecule has 102 valence electrons. The number of esters is 1. The van der Waals surface area contributed by atoms with E-state index in [1.54, 1.807) is 6.92 Å². The van der Waals surface area contributed by atoms with Crippen LogP contribution in [0.1, 0.15) is 37.0 Å². The molecule has 2 unspecified atom stereocenters. The van der Waals surface area contributed by atoms with Crippen LogP contribution in [0.4, 0.5) is 0 Å². The summed E-state index contributed by atoms with van der Waals surface area (Å²) in [5.41, 5.74) is 6.09. The zero-order valence-electron chi connectivity index (χ0n) is 11.1. The molecule has 1 aromatic rings. The highest BCUT2D eigenvalue weighted by Crippen LogP contribution is 2.33. The van der Waals surface area contributed by atoms with Crippen molar-refractivity contribution in [3.05, 3.63) is 23.7 Å². The molecule has 18 heavy (non-hydrogen) atoms. The average molecular weight is 271 g/mol. The molecule has 2 N–H and O–H groups in total. The fraction of sp³-hybridized carbons (Fsp3) is 0.615. The van der Waals surface area contributed by atoms with Gasteiger partial charge < -0.3 is 14.9 Å². The highest BCUT2D eigenvalue weighted by atomic mass is 32.2. The van der Waals surface area contributed by atoms with Gasteiger partial charge in [-0.3, -0.25) is 4.79 Å². The van der Waals surface area contributed by atoms with Crippen LogP contribution in [0.3, 0.4) is 0 Å². The Hall–Kier alpha value is -0.940. The first-order valence-electron chi connectivity index (χ1n) is 6.17. The Kier molecular flexibility index (Phi) is 6.29. The standard InChI is InChI=1S/C13H21NO3S/c1-4-10(14)13(11-7-6-9(3)17-11)18-8-12(15)16-5-2/h6-7,10,13H,4-5,8,14H2,1-3H3. The van der Waals surface area contributed by atoms with E-state index in [1.165, 1.54) is 11.8 Å². The summed E-state index contributed by atoms with van der Waals surface area (Å²) in [6.45, 7) is 6.13. The SMILES string of the molecule is CCOC(=O)CSC(c1ccc(C)o1)C(N)CC. The van der Waals surface area contributed by atoms with E-state index in [0.29, 0.717) is 12.4 Å². The lowest BCUT2D eigenvalue weighted by molar-refractivity contribution is -0.139. The second-order valence-electron chi connectivity index (χ2n) is 4.06. The van der Waals surface area contributed by atoms with Gasteiger partial charge in [-0.2, -0.15) is 0 Å². The van der Waals surface area contributed by atoms with Crippen molar-refractivity contribution < 1.29 is 13.9 Å². The second kappa shape index (κ2) is 7.48. The summed E-state index contributed by atoms with van der Waals surface area (Å²) in [4.78, 5) is 11.4. The van der Waals surface area contributed by atoms with Crippen LogP contribution in [0.15, 0.2) is 16.5 Å². The first-order chi connectivity index (χ1) is 8.58. The molecule has 0 saturated heterocycles. The van der Waals surface area contributed by atoms with Crippen LogP contribution in [0, 0.1) is 6.92 Å². The van der Waals surface area contributed by atoms with Crippen molar-refractivity contribution >= 4 is 17.7 Å². The van der Waals surface area contributed by atoms with Crippen LogP contribution in [-0.2, 0) is 9.53 Å². The second-order valence-corrected chi connectivity index (χ2v) is 5.19. The summed E-state index contributed by atoms with van der Waals surface area (Å²) in [6, 6.07) is 3.80. The first-order valence-corrected chi connectivity index (χ1v) is 7.22. The molecule has 1 aromatic heterocycles. The van der Waals surface area contributed by atoms with Crippen LogP contribution in [0.25, 0.3) is 0 Å². The average Bonchev–Trinajstić information content (AvgIpc) is 2.76. The molecule has 0 radical (unpaired) electrons. The van der Waals surface area contributed by atoms with Crippen molar-refractivity contribution in [3.8, 4) is 0 Å². The number of carbonyl (C=O) groups excluding carboxylic acids is 1. The molecule has 1 heterocycles. The van der Waals surface area contributed by atoms with E-state index in [9.17, 15) is 4.79 Å². The van der Waals surface area contributed by atoms with Crippen LogP contribution >= 0.6 is 11.8 Å². The van der Waals surface area contributed by atoms with Gasteiger partial charge in [0.2, 0.25) is 0 Å². The number of rotatable bonds is 7. The van der Waals surface area contributed by atoms with E-state index in [-0.39, 0.29) is 17.3 Å². The summed E-state index contributed by atoms with van der Waals surface area (Å²) in [5.74, 6) is 1.77. The molecule has 0 bridgehead atoms. The third-order valence-corrected chi connectivity index (χ3v) is 3.93. The molecule has 0 aliphatic carbocycles. The Morgan fingerprint density at radius 3 is 2.72 bits per heavy atom. The van der Waals surface area contributed by atoms with Gasteiger partial charge in [0.1, 0.15) is 11.5 Å². The Balaban J connectivity index is 2.65. The summed E-state index contributed by atoms with van der Waals surface area (Å²) < 4.78 is 10.5. The van der Waals surface area contributed by atoms with E-state index < -0.39 is 0 Å². The van der Waals surface area contributed by atoms with Crippen LogP contribution < -0.4 is 5.73 Å². The number of hydrogen-bond acceptors (Lipinski definition) is 5. The van der Waals surface area contributed by atoms with E-state index in [0.717, 1.165) is 17.9 Å². The normalized spacial score (nSPS) is 14.2. The smallest absolute Gasteiger partial charge is 0.315 e. The summed E-state index contributed by atoms with van der Waals surface area (Å²) in [6.07, 6.45) is 0.834. The Morgan fingerprint density at radius 1 is 1.50 bits per heavy atom. The van der Waals surface area contributed by atoms with E-state index >= 15 is 0 Å². The summed E-state index contributed by atoms with van der Waals surface area (Å²) >= 11 is 1.48.